The van der Waals surface area contributed by atoms with Crippen LogP contribution in [0.5, 0.6) is 0 Å². The lowest BCUT2D eigenvalue weighted by atomic mass is 10.2. The third kappa shape index (κ3) is 2.21. The van der Waals surface area contributed by atoms with E-state index in [1.165, 1.54) is 12.3 Å². The van der Waals surface area contributed by atoms with Gasteiger partial charge in [-0.15, -0.1) is 0 Å². The van der Waals surface area contributed by atoms with Gasteiger partial charge in [0.25, 0.3) is 0 Å². The van der Waals surface area contributed by atoms with Crippen molar-refractivity contribution < 1.29 is 9.53 Å². The fourth-order valence-corrected chi connectivity index (χ4v) is 1.05. The summed E-state index contributed by atoms with van der Waals surface area (Å²) in [6.07, 6.45) is 1.26. The lowest BCUT2D eigenvalue weighted by Crippen LogP contribution is -2.06. The number of nitrogens with zero attached hydrogens (tertiary/aromatic N) is 2. The molecule has 1 rings (SSSR count). The molecule has 0 fully saturated rings. The molecule has 0 aliphatic rings. The summed E-state index contributed by atoms with van der Waals surface area (Å²) in [4.78, 5) is 15.0. The molecular formula is C9H7ClN2O2. The van der Waals surface area contributed by atoms with Crippen LogP contribution in [0.2, 0.25) is 5.02 Å². The van der Waals surface area contributed by atoms with Crippen LogP contribution >= 0.6 is 11.6 Å². The number of ether oxygens (including phenoxy) is 1. The first-order chi connectivity index (χ1) is 6.69. The summed E-state index contributed by atoms with van der Waals surface area (Å²) in [7, 11) is 0. The number of hydrogen-bond donors (Lipinski definition) is 0. The van der Waals surface area contributed by atoms with Gasteiger partial charge in [-0.1, -0.05) is 11.6 Å². The lowest BCUT2D eigenvalue weighted by Gasteiger charge is -2.02. The molecule has 0 saturated heterocycles. The minimum Gasteiger partial charge on any atom is -0.462 e. The Morgan fingerprint density at radius 1 is 1.79 bits per heavy atom. The molecule has 5 heteroatoms. The van der Waals surface area contributed by atoms with Crippen molar-refractivity contribution in [2.75, 3.05) is 6.61 Å². The topological polar surface area (TPSA) is 63.0 Å². The predicted molar refractivity (Wildman–Crippen MR) is 49.9 cm³/mol. The molecule has 0 aliphatic heterocycles. The van der Waals surface area contributed by atoms with Crippen LogP contribution < -0.4 is 0 Å². The maximum absolute atomic E-state index is 11.3. The number of nitriles is 1. The first kappa shape index (κ1) is 10.5. The second kappa shape index (κ2) is 4.58. The zero-order valence-electron chi connectivity index (χ0n) is 7.45. The van der Waals surface area contributed by atoms with Crippen LogP contribution in [0.3, 0.4) is 0 Å². The van der Waals surface area contributed by atoms with Crippen molar-refractivity contribution in [1.82, 2.24) is 4.98 Å². The number of esters is 1. The molecule has 14 heavy (non-hydrogen) atoms. The zero-order valence-corrected chi connectivity index (χ0v) is 8.21. The third-order valence-electron chi connectivity index (χ3n) is 1.47. The maximum atomic E-state index is 11.3. The zero-order chi connectivity index (χ0) is 10.6. The van der Waals surface area contributed by atoms with Gasteiger partial charge in [0, 0.05) is 6.20 Å². The summed E-state index contributed by atoms with van der Waals surface area (Å²) in [5.74, 6) is -0.545. The fourth-order valence-electron chi connectivity index (χ4n) is 0.865. The molecule has 0 spiro atoms. The van der Waals surface area contributed by atoms with Gasteiger partial charge in [0.1, 0.15) is 11.8 Å². The highest BCUT2D eigenvalue weighted by atomic mass is 35.5. The van der Waals surface area contributed by atoms with Crippen molar-refractivity contribution >= 4 is 17.6 Å². The molecule has 0 atom stereocenters. The van der Waals surface area contributed by atoms with Gasteiger partial charge in [0.05, 0.1) is 17.2 Å². The summed E-state index contributed by atoms with van der Waals surface area (Å²) in [6.45, 7) is 1.96. The Hall–Kier alpha value is -1.60. The standard InChI is InChI=1S/C9H7ClN2O2/c1-2-14-9(13)7-3-6(4-11)12-5-8(7)10/h3,5H,2H2,1H3. The van der Waals surface area contributed by atoms with Gasteiger partial charge in [0.15, 0.2) is 0 Å². The maximum Gasteiger partial charge on any atom is 0.339 e. The van der Waals surface area contributed by atoms with E-state index in [0.717, 1.165) is 0 Å². The van der Waals surface area contributed by atoms with E-state index in [0.29, 0.717) is 0 Å². The van der Waals surface area contributed by atoms with Crippen LogP contribution in [-0.2, 0) is 4.74 Å². The number of rotatable bonds is 2. The number of pyridine rings is 1. The highest BCUT2D eigenvalue weighted by molar-refractivity contribution is 6.33. The van der Waals surface area contributed by atoms with Crippen LogP contribution in [0.4, 0.5) is 0 Å². The van der Waals surface area contributed by atoms with E-state index in [1.54, 1.807) is 6.92 Å². The Labute approximate surface area is 86.1 Å². The average molecular weight is 211 g/mol. The molecule has 0 bridgehead atoms. The number of carbonyl (C=O) groups is 1. The minimum absolute atomic E-state index is 0.137. The smallest absolute Gasteiger partial charge is 0.339 e. The summed E-state index contributed by atoms with van der Waals surface area (Å²) in [5.41, 5.74) is 0.303. The molecule has 0 aromatic carbocycles. The minimum atomic E-state index is -0.545. The molecule has 72 valence electrons. The number of aromatic nitrogens is 1. The fraction of sp³-hybridized carbons (Fsp3) is 0.222. The van der Waals surface area contributed by atoms with Crippen molar-refractivity contribution in [3.05, 3.63) is 28.5 Å². The number of halogens is 1. The van der Waals surface area contributed by atoms with E-state index in [9.17, 15) is 4.79 Å². The van der Waals surface area contributed by atoms with Crippen LogP contribution in [0.15, 0.2) is 12.3 Å². The first-order valence-electron chi connectivity index (χ1n) is 3.91. The molecule has 0 amide bonds. The summed E-state index contributed by atoms with van der Waals surface area (Å²) in [5, 5.41) is 8.74. The molecule has 0 N–H and O–H groups in total. The largest absolute Gasteiger partial charge is 0.462 e. The average Bonchev–Trinajstić information content (AvgIpc) is 2.19. The molecule has 1 aromatic rings. The van der Waals surface area contributed by atoms with Crippen molar-refractivity contribution in [1.29, 1.82) is 5.26 Å². The summed E-state index contributed by atoms with van der Waals surface area (Å²) < 4.78 is 4.75. The SMILES string of the molecule is CCOC(=O)c1cc(C#N)ncc1Cl. The Balaban J connectivity index is 3.07. The van der Waals surface area contributed by atoms with Gasteiger partial charge in [-0.25, -0.2) is 9.78 Å². The monoisotopic (exact) mass is 210 g/mol. The van der Waals surface area contributed by atoms with E-state index < -0.39 is 5.97 Å². The predicted octanol–water partition coefficient (Wildman–Crippen LogP) is 1.78. The van der Waals surface area contributed by atoms with Gasteiger partial charge in [-0.3, -0.25) is 0 Å². The molecule has 1 heterocycles. The van der Waals surface area contributed by atoms with Gasteiger partial charge in [-0.2, -0.15) is 5.26 Å². The van der Waals surface area contributed by atoms with E-state index in [2.05, 4.69) is 4.98 Å². The molecule has 0 aliphatic carbocycles. The van der Waals surface area contributed by atoms with Crippen molar-refractivity contribution in [3.63, 3.8) is 0 Å². The lowest BCUT2D eigenvalue weighted by molar-refractivity contribution is 0.0526. The van der Waals surface area contributed by atoms with Gasteiger partial charge < -0.3 is 4.74 Å². The molecule has 0 saturated carbocycles. The van der Waals surface area contributed by atoms with Crippen LogP contribution in [-0.4, -0.2) is 17.6 Å². The summed E-state index contributed by atoms with van der Waals surface area (Å²) >= 11 is 5.71. The van der Waals surface area contributed by atoms with E-state index in [4.69, 9.17) is 21.6 Å². The van der Waals surface area contributed by atoms with Crippen LogP contribution in [0.25, 0.3) is 0 Å². The Morgan fingerprint density at radius 2 is 2.50 bits per heavy atom. The first-order valence-corrected chi connectivity index (χ1v) is 4.29. The normalized spacial score (nSPS) is 9.21. The molecule has 1 aromatic heterocycles. The van der Waals surface area contributed by atoms with E-state index >= 15 is 0 Å². The molecule has 0 unspecified atom stereocenters. The third-order valence-corrected chi connectivity index (χ3v) is 1.77. The van der Waals surface area contributed by atoms with Crippen LogP contribution in [0.1, 0.15) is 23.0 Å². The molecule has 0 radical (unpaired) electrons. The van der Waals surface area contributed by atoms with E-state index in [1.807, 2.05) is 6.07 Å². The van der Waals surface area contributed by atoms with Crippen molar-refractivity contribution in [2.45, 2.75) is 6.92 Å². The second-order valence-corrected chi connectivity index (χ2v) is 2.79. The highest BCUT2D eigenvalue weighted by Gasteiger charge is 2.12. The van der Waals surface area contributed by atoms with Gasteiger partial charge in [-0.05, 0) is 13.0 Å². The quantitative estimate of drug-likeness (QED) is 0.698. The van der Waals surface area contributed by atoms with Gasteiger partial charge in [0.2, 0.25) is 0 Å². The number of carbonyl (C=O) groups excluding carboxylic acids is 1. The van der Waals surface area contributed by atoms with Crippen molar-refractivity contribution in [2.24, 2.45) is 0 Å². The van der Waals surface area contributed by atoms with Gasteiger partial charge >= 0.3 is 5.97 Å². The highest BCUT2D eigenvalue weighted by Crippen LogP contribution is 2.16. The second-order valence-electron chi connectivity index (χ2n) is 2.38. The Kier molecular flexibility index (Phi) is 3.43. The number of hydrogen-bond acceptors (Lipinski definition) is 4. The van der Waals surface area contributed by atoms with Crippen molar-refractivity contribution in [3.8, 4) is 6.07 Å². The van der Waals surface area contributed by atoms with Crippen LogP contribution in [0, 0.1) is 11.3 Å². The van der Waals surface area contributed by atoms with E-state index in [-0.39, 0.29) is 22.9 Å². The Morgan fingerprint density at radius 3 is 3.07 bits per heavy atom. The summed E-state index contributed by atoms with van der Waals surface area (Å²) in [6, 6.07) is 3.12. The molecular weight excluding hydrogens is 204 g/mol. The Bertz CT molecular complexity index is 398. The molecule has 4 nitrogen and oxygen atoms in total.